The fraction of sp³-hybridized carbons (Fsp3) is 0.312. The maximum absolute atomic E-state index is 13.3. The standard InChI is InChI=1S/C32H36ClF2N5O3/c1-6-7-16-39(22(4)18-37-19-41)30(36-5)25-17-26(33)29(24-13-9-11-15-28(24)43-32(34)35)38-31(25)40(20-42)27-14-10-8-12-23(27)21(2)3/h6,8-15,17,19-22,32H,1,7,16,18H2,2-5H3,(H,37,41). The van der Waals surface area contributed by atoms with Gasteiger partial charge in [0.25, 0.3) is 0 Å². The number of benzene rings is 2. The highest BCUT2D eigenvalue weighted by Crippen LogP contribution is 2.40. The number of hydrogen-bond acceptors (Lipinski definition) is 5. The molecule has 0 aliphatic rings. The van der Waals surface area contributed by atoms with E-state index in [0.29, 0.717) is 49.4 Å². The molecule has 1 N–H and O–H groups in total. The molecule has 2 aromatic carbocycles. The van der Waals surface area contributed by atoms with Gasteiger partial charge >= 0.3 is 6.61 Å². The van der Waals surface area contributed by atoms with Crippen LogP contribution in [0.2, 0.25) is 5.02 Å². The summed E-state index contributed by atoms with van der Waals surface area (Å²) in [4.78, 5) is 36.8. The molecule has 0 aliphatic heterocycles. The van der Waals surface area contributed by atoms with E-state index in [0.717, 1.165) is 5.56 Å². The molecule has 228 valence electrons. The number of amidine groups is 1. The van der Waals surface area contributed by atoms with Crippen molar-refractivity contribution in [1.29, 1.82) is 0 Å². The molecule has 1 unspecified atom stereocenters. The normalized spacial score (nSPS) is 12.2. The van der Waals surface area contributed by atoms with Gasteiger partial charge in [0.1, 0.15) is 11.6 Å². The number of carbonyl (C=O) groups excluding carboxylic acids is 2. The van der Waals surface area contributed by atoms with Crippen LogP contribution in [-0.4, -0.2) is 61.3 Å². The van der Waals surface area contributed by atoms with Crippen LogP contribution >= 0.6 is 11.6 Å². The molecule has 3 aromatic rings. The number of aliphatic imine (C=N–C) groups is 1. The highest BCUT2D eigenvalue weighted by Gasteiger charge is 2.28. The summed E-state index contributed by atoms with van der Waals surface area (Å²) < 4.78 is 31.4. The number of alkyl halides is 2. The second-order valence-corrected chi connectivity index (χ2v) is 10.4. The third-order valence-electron chi connectivity index (χ3n) is 6.79. The van der Waals surface area contributed by atoms with Gasteiger partial charge in [0.2, 0.25) is 12.8 Å². The van der Waals surface area contributed by atoms with Gasteiger partial charge in [0, 0.05) is 31.7 Å². The Morgan fingerprint density at radius 3 is 2.47 bits per heavy atom. The van der Waals surface area contributed by atoms with Crippen LogP contribution in [0.3, 0.4) is 0 Å². The average molecular weight is 612 g/mol. The zero-order valence-corrected chi connectivity index (χ0v) is 25.4. The van der Waals surface area contributed by atoms with Gasteiger partial charge in [0.15, 0.2) is 5.82 Å². The lowest BCUT2D eigenvalue weighted by molar-refractivity contribution is -0.109. The summed E-state index contributed by atoms with van der Waals surface area (Å²) in [7, 11) is 1.61. The van der Waals surface area contributed by atoms with Crippen LogP contribution in [0.25, 0.3) is 11.3 Å². The molecule has 0 fully saturated rings. The maximum atomic E-state index is 13.3. The molecule has 11 heteroatoms. The number of halogens is 3. The van der Waals surface area contributed by atoms with Gasteiger partial charge in [-0.05, 0) is 49.1 Å². The molecule has 2 amide bonds. The molecule has 1 heterocycles. The van der Waals surface area contributed by atoms with Crippen LogP contribution in [-0.2, 0) is 9.59 Å². The van der Waals surface area contributed by atoms with Gasteiger partial charge in [0.05, 0.1) is 22.0 Å². The topological polar surface area (TPSA) is 87.1 Å². The number of nitrogens with zero attached hydrogens (tertiary/aromatic N) is 4. The Morgan fingerprint density at radius 1 is 1.14 bits per heavy atom. The minimum atomic E-state index is -3.07. The van der Waals surface area contributed by atoms with E-state index in [1.54, 1.807) is 37.4 Å². The van der Waals surface area contributed by atoms with Crippen LogP contribution in [0, 0.1) is 0 Å². The van der Waals surface area contributed by atoms with E-state index in [9.17, 15) is 18.4 Å². The van der Waals surface area contributed by atoms with Crippen molar-refractivity contribution in [2.75, 3.05) is 25.0 Å². The van der Waals surface area contributed by atoms with Crippen molar-refractivity contribution in [3.63, 3.8) is 0 Å². The zero-order chi connectivity index (χ0) is 31.5. The first-order valence-electron chi connectivity index (χ1n) is 13.8. The molecule has 0 bridgehead atoms. The largest absolute Gasteiger partial charge is 0.434 e. The van der Waals surface area contributed by atoms with Crippen LogP contribution in [0.1, 0.15) is 44.2 Å². The maximum Gasteiger partial charge on any atom is 0.387 e. The first kappa shape index (κ1) is 33.2. The summed E-state index contributed by atoms with van der Waals surface area (Å²) in [6.07, 6.45) is 3.65. The van der Waals surface area contributed by atoms with Crippen LogP contribution in [0.5, 0.6) is 5.75 Å². The molecule has 43 heavy (non-hydrogen) atoms. The van der Waals surface area contributed by atoms with Crippen molar-refractivity contribution < 1.29 is 23.1 Å². The summed E-state index contributed by atoms with van der Waals surface area (Å²) in [6, 6.07) is 15.0. The predicted octanol–water partition coefficient (Wildman–Crippen LogP) is 6.81. The van der Waals surface area contributed by atoms with Crippen LogP contribution in [0.4, 0.5) is 20.3 Å². The number of ether oxygens (including phenoxy) is 1. The Morgan fingerprint density at radius 2 is 1.84 bits per heavy atom. The summed E-state index contributed by atoms with van der Waals surface area (Å²) in [5, 5.41) is 2.84. The van der Waals surface area contributed by atoms with E-state index in [1.165, 1.54) is 11.0 Å². The second-order valence-electron chi connectivity index (χ2n) is 9.95. The quantitative estimate of drug-likeness (QED) is 0.0883. The Balaban J connectivity index is 2.37. The molecule has 0 radical (unpaired) electrons. The molecule has 0 aliphatic carbocycles. The lowest BCUT2D eigenvalue weighted by Crippen LogP contribution is -2.45. The van der Waals surface area contributed by atoms with E-state index in [1.807, 2.05) is 49.9 Å². The minimum absolute atomic E-state index is 0.0619. The smallest absolute Gasteiger partial charge is 0.387 e. The van der Waals surface area contributed by atoms with Crippen molar-refractivity contribution in [3.05, 3.63) is 83.4 Å². The Bertz CT molecular complexity index is 1450. The Labute approximate surface area is 256 Å². The van der Waals surface area contributed by atoms with Gasteiger partial charge in [-0.1, -0.05) is 61.9 Å². The number of pyridine rings is 1. The second kappa shape index (κ2) is 15.8. The number of anilines is 2. The van der Waals surface area contributed by atoms with E-state index in [4.69, 9.17) is 21.3 Å². The third-order valence-corrected chi connectivity index (χ3v) is 7.08. The monoisotopic (exact) mass is 611 g/mol. The van der Waals surface area contributed by atoms with Crippen LogP contribution < -0.4 is 15.0 Å². The Hall–Kier alpha value is -4.31. The van der Waals surface area contributed by atoms with E-state index in [-0.39, 0.29) is 39.8 Å². The lowest BCUT2D eigenvalue weighted by atomic mass is 10.00. The third kappa shape index (κ3) is 7.95. The van der Waals surface area contributed by atoms with Crippen LogP contribution in [0.15, 0.2) is 72.2 Å². The molecular weight excluding hydrogens is 576 g/mol. The number of aromatic nitrogens is 1. The van der Waals surface area contributed by atoms with E-state index in [2.05, 4.69) is 16.9 Å². The van der Waals surface area contributed by atoms with Gasteiger partial charge < -0.3 is 15.0 Å². The molecule has 1 atom stereocenters. The number of carbonyl (C=O) groups is 2. The van der Waals surface area contributed by atoms with Gasteiger partial charge in [-0.2, -0.15) is 8.78 Å². The number of amides is 2. The minimum Gasteiger partial charge on any atom is -0.434 e. The predicted molar refractivity (Wildman–Crippen MR) is 168 cm³/mol. The van der Waals surface area contributed by atoms with E-state index < -0.39 is 6.61 Å². The number of para-hydroxylation sites is 2. The van der Waals surface area contributed by atoms with Crippen molar-refractivity contribution in [1.82, 2.24) is 15.2 Å². The molecule has 0 spiro atoms. The highest BCUT2D eigenvalue weighted by atomic mass is 35.5. The summed E-state index contributed by atoms with van der Waals surface area (Å²) in [5.74, 6) is 0.598. The number of nitrogens with one attached hydrogen (secondary N) is 1. The lowest BCUT2D eigenvalue weighted by Gasteiger charge is -2.34. The van der Waals surface area contributed by atoms with Gasteiger partial charge in [-0.15, -0.1) is 6.58 Å². The van der Waals surface area contributed by atoms with E-state index >= 15 is 0 Å². The molecule has 0 saturated carbocycles. The molecular formula is C32H36ClF2N5O3. The van der Waals surface area contributed by atoms with Gasteiger partial charge in [-0.25, -0.2) is 4.98 Å². The van der Waals surface area contributed by atoms with Crippen molar-refractivity contribution >= 4 is 41.8 Å². The summed E-state index contributed by atoms with van der Waals surface area (Å²) >= 11 is 6.83. The van der Waals surface area contributed by atoms with Crippen molar-refractivity contribution in [3.8, 4) is 17.0 Å². The SMILES string of the molecule is C=CCCN(C(=NC)c1cc(Cl)c(-c2ccccc2OC(F)F)nc1N(C=O)c1ccccc1C(C)C)C(C)CNC=O. The average Bonchev–Trinajstić information content (AvgIpc) is 2.99. The Kier molecular flexibility index (Phi) is 12.2. The first-order chi connectivity index (χ1) is 20.7. The molecule has 0 saturated heterocycles. The summed E-state index contributed by atoms with van der Waals surface area (Å²) in [5.41, 5.74) is 2.29. The molecule has 1 aromatic heterocycles. The fourth-order valence-corrected chi connectivity index (χ4v) is 5.04. The summed E-state index contributed by atoms with van der Waals surface area (Å²) in [6.45, 7) is 7.53. The number of hydrogen-bond donors (Lipinski definition) is 1. The number of rotatable bonds is 15. The first-order valence-corrected chi connectivity index (χ1v) is 14.2. The van der Waals surface area contributed by atoms with Gasteiger partial charge in [-0.3, -0.25) is 19.5 Å². The highest BCUT2D eigenvalue weighted by molar-refractivity contribution is 6.33. The van der Waals surface area contributed by atoms with Crippen molar-refractivity contribution in [2.45, 2.75) is 45.8 Å². The zero-order valence-electron chi connectivity index (χ0n) is 24.6. The molecule has 3 rings (SSSR count). The van der Waals surface area contributed by atoms with Crippen molar-refractivity contribution in [2.24, 2.45) is 4.99 Å². The molecule has 8 nitrogen and oxygen atoms in total. The fourth-order valence-electron chi connectivity index (χ4n) is 4.79.